The molecule has 0 aliphatic rings. The Hall–Kier alpha value is -3.34. The van der Waals surface area contributed by atoms with Crippen molar-refractivity contribution in [1.82, 2.24) is 4.98 Å². The van der Waals surface area contributed by atoms with E-state index < -0.39 is 0 Å². The minimum absolute atomic E-state index is 0.319. The average Bonchev–Trinajstić information content (AvgIpc) is 3.06. The van der Waals surface area contributed by atoms with Crippen LogP contribution in [-0.4, -0.2) is 18.1 Å². The molecule has 5 heteroatoms. The lowest BCUT2D eigenvalue weighted by Gasteiger charge is -2.04. The fourth-order valence-corrected chi connectivity index (χ4v) is 2.33. The molecule has 0 unspecified atom stereocenters. The summed E-state index contributed by atoms with van der Waals surface area (Å²) < 4.78 is 16.1. The maximum Gasteiger partial charge on any atom is 0.330 e. The Labute approximate surface area is 151 Å². The van der Waals surface area contributed by atoms with E-state index in [0.29, 0.717) is 18.2 Å². The standard InChI is InChI=1S/C21H19NO4/c1-15-19(22-21(26-15)17-6-4-3-5-7-17)14-25-18-11-8-16(9-12-18)10-13-20(23)24-2/h3-13H,14H2,1-2H3/b13-10+. The summed E-state index contributed by atoms with van der Waals surface area (Å²) in [5, 5.41) is 0. The third-order valence-corrected chi connectivity index (χ3v) is 3.78. The first-order chi connectivity index (χ1) is 12.7. The number of rotatable bonds is 6. The lowest BCUT2D eigenvalue weighted by Crippen LogP contribution is -1.97. The van der Waals surface area contributed by atoms with Crippen LogP contribution in [0, 0.1) is 6.92 Å². The summed E-state index contributed by atoms with van der Waals surface area (Å²) in [5.74, 6) is 1.65. The number of hydrogen-bond donors (Lipinski definition) is 0. The lowest BCUT2D eigenvalue weighted by atomic mass is 10.2. The predicted molar refractivity (Wildman–Crippen MR) is 98.5 cm³/mol. The van der Waals surface area contributed by atoms with Crippen LogP contribution in [0.25, 0.3) is 17.5 Å². The molecule has 132 valence electrons. The molecular formula is C21H19NO4. The van der Waals surface area contributed by atoms with Gasteiger partial charge in [-0.05, 0) is 42.8 Å². The molecule has 3 aromatic rings. The van der Waals surface area contributed by atoms with E-state index in [9.17, 15) is 4.79 Å². The van der Waals surface area contributed by atoms with Gasteiger partial charge in [-0.15, -0.1) is 0 Å². The molecule has 2 aromatic carbocycles. The van der Waals surface area contributed by atoms with Crippen molar-refractivity contribution in [2.24, 2.45) is 0 Å². The van der Waals surface area contributed by atoms with Gasteiger partial charge in [0.05, 0.1) is 7.11 Å². The minimum atomic E-state index is -0.388. The van der Waals surface area contributed by atoms with E-state index in [1.54, 1.807) is 6.08 Å². The van der Waals surface area contributed by atoms with E-state index in [1.165, 1.54) is 13.2 Å². The topological polar surface area (TPSA) is 61.6 Å². The monoisotopic (exact) mass is 349 g/mol. The number of carbonyl (C=O) groups excluding carboxylic acids is 1. The molecular weight excluding hydrogens is 330 g/mol. The molecule has 0 N–H and O–H groups in total. The number of aryl methyl sites for hydroxylation is 1. The van der Waals surface area contributed by atoms with Crippen molar-refractivity contribution in [2.75, 3.05) is 7.11 Å². The summed E-state index contributed by atoms with van der Waals surface area (Å²) in [7, 11) is 1.35. The van der Waals surface area contributed by atoms with E-state index in [0.717, 1.165) is 22.6 Å². The first-order valence-electron chi connectivity index (χ1n) is 8.16. The van der Waals surface area contributed by atoms with Gasteiger partial charge in [-0.1, -0.05) is 30.3 Å². The molecule has 1 heterocycles. The van der Waals surface area contributed by atoms with E-state index in [4.69, 9.17) is 9.15 Å². The highest BCUT2D eigenvalue weighted by atomic mass is 16.5. The molecule has 3 rings (SSSR count). The van der Waals surface area contributed by atoms with Crippen LogP contribution < -0.4 is 4.74 Å². The van der Waals surface area contributed by atoms with Gasteiger partial charge in [0.25, 0.3) is 0 Å². The van der Waals surface area contributed by atoms with Crippen molar-refractivity contribution >= 4 is 12.0 Å². The summed E-state index contributed by atoms with van der Waals surface area (Å²) in [6, 6.07) is 17.2. The van der Waals surface area contributed by atoms with E-state index in [-0.39, 0.29) is 5.97 Å². The number of ether oxygens (including phenoxy) is 2. The largest absolute Gasteiger partial charge is 0.487 e. The maximum absolute atomic E-state index is 11.1. The van der Waals surface area contributed by atoms with Crippen LogP contribution in [0.2, 0.25) is 0 Å². The molecule has 0 radical (unpaired) electrons. The van der Waals surface area contributed by atoms with Gasteiger partial charge in [0, 0.05) is 11.6 Å². The summed E-state index contributed by atoms with van der Waals surface area (Å²) >= 11 is 0. The molecule has 0 spiro atoms. The second-order valence-electron chi connectivity index (χ2n) is 5.60. The lowest BCUT2D eigenvalue weighted by molar-refractivity contribution is -0.134. The van der Waals surface area contributed by atoms with Crippen molar-refractivity contribution in [3.8, 4) is 17.2 Å². The third kappa shape index (κ3) is 4.39. The van der Waals surface area contributed by atoms with E-state index in [1.807, 2.05) is 61.5 Å². The Kier molecular flexibility index (Phi) is 5.49. The Morgan fingerprint density at radius 3 is 2.54 bits per heavy atom. The van der Waals surface area contributed by atoms with Gasteiger partial charge < -0.3 is 13.9 Å². The van der Waals surface area contributed by atoms with Gasteiger partial charge >= 0.3 is 5.97 Å². The zero-order valence-corrected chi connectivity index (χ0v) is 14.6. The molecule has 0 atom stereocenters. The number of nitrogens with zero attached hydrogens (tertiary/aromatic N) is 1. The van der Waals surface area contributed by atoms with Crippen LogP contribution in [0.1, 0.15) is 17.0 Å². The van der Waals surface area contributed by atoms with Gasteiger partial charge in [0.15, 0.2) is 0 Å². The van der Waals surface area contributed by atoms with Crippen molar-refractivity contribution in [2.45, 2.75) is 13.5 Å². The Morgan fingerprint density at radius 1 is 1.12 bits per heavy atom. The molecule has 0 fully saturated rings. The Bertz CT molecular complexity index is 896. The highest BCUT2D eigenvalue weighted by Gasteiger charge is 2.11. The Morgan fingerprint density at radius 2 is 1.85 bits per heavy atom. The van der Waals surface area contributed by atoms with Crippen LogP contribution in [0.3, 0.4) is 0 Å². The van der Waals surface area contributed by atoms with Crippen molar-refractivity contribution in [3.63, 3.8) is 0 Å². The number of aromatic nitrogens is 1. The fourth-order valence-electron chi connectivity index (χ4n) is 2.33. The summed E-state index contributed by atoms with van der Waals surface area (Å²) in [6.07, 6.45) is 3.06. The third-order valence-electron chi connectivity index (χ3n) is 3.78. The Balaban J connectivity index is 1.63. The van der Waals surface area contributed by atoms with Crippen LogP contribution in [0.15, 0.2) is 65.1 Å². The fraction of sp³-hybridized carbons (Fsp3) is 0.143. The molecule has 0 aliphatic heterocycles. The van der Waals surface area contributed by atoms with Gasteiger partial charge in [0.1, 0.15) is 23.8 Å². The van der Waals surface area contributed by atoms with Crippen LogP contribution in [-0.2, 0) is 16.1 Å². The van der Waals surface area contributed by atoms with Gasteiger partial charge in [-0.3, -0.25) is 0 Å². The molecule has 0 saturated heterocycles. The van der Waals surface area contributed by atoms with Crippen LogP contribution in [0.5, 0.6) is 5.75 Å². The van der Waals surface area contributed by atoms with E-state index in [2.05, 4.69) is 9.72 Å². The van der Waals surface area contributed by atoms with Gasteiger partial charge in [-0.25, -0.2) is 9.78 Å². The smallest absolute Gasteiger partial charge is 0.330 e. The molecule has 26 heavy (non-hydrogen) atoms. The highest BCUT2D eigenvalue weighted by molar-refractivity contribution is 5.86. The summed E-state index contributed by atoms with van der Waals surface area (Å²) in [4.78, 5) is 15.6. The molecule has 5 nitrogen and oxygen atoms in total. The quantitative estimate of drug-likeness (QED) is 0.487. The van der Waals surface area contributed by atoms with Crippen LogP contribution >= 0.6 is 0 Å². The highest BCUT2D eigenvalue weighted by Crippen LogP contribution is 2.22. The number of hydrogen-bond acceptors (Lipinski definition) is 5. The zero-order valence-electron chi connectivity index (χ0n) is 14.6. The second-order valence-corrected chi connectivity index (χ2v) is 5.60. The van der Waals surface area contributed by atoms with Crippen molar-refractivity contribution in [3.05, 3.63) is 77.7 Å². The maximum atomic E-state index is 11.1. The van der Waals surface area contributed by atoms with Crippen molar-refractivity contribution < 1.29 is 18.7 Å². The first kappa shape index (κ1) is 17.5. The molecule has 0 amide bonds. The minimum Gasteiger partial charge on any atom is -0.487 e. The molecule has 0 aliphatic carbocycles. The average molecular weight is 349 g/mol. The summed E-state index contributed by atoms with van der Waals surface area (Å²) in [6.45, 7) is 2.19. The number of methoxy groups -OCH3 is 1. The normalized spacial score (nSPS) is 10.8. The number of carbonyl (C=O) groups is 1. The first-order valence-corrected chi connectivity index (χ1v) is 8.16. The number of esters is 1. The predicted octanol–water partition coefficient (Wildman–Crippen LogP) is 4.42. The van der Waals surface area contributed by atoms with Gasteiger partial charge in [-0.2, -0.15) is 0 Å². The SMILES string of the molecule is COC(=O)/C=C/c1ccc(OCc2nc(-c3ccccc3)oc2C)cc1. The van der Waals surface area contributed by atoms with Crippen LogP contribution in [0.4, 0.5) is 0 Å². The van der Waals surface area contributed by atoms with Crippen molar-refractivity contribution in [1.29, 1.82) is 0 Å². The number of benzene rings is 2. The number of oxazole rings is 1. The zero-order chi connectivity index (χ0) is 18.4. The summed E-state index contributed by atoms with van der Waals surface area (Å²) in [5.41, 5.74) is 2.58. The molecule has 0 bridgehead atoms. The molecule has 1 aromatic heterocycles. The second kappa shape index (κ2) is 8.16. The molecule has 0 saturated carbocycles. The van der Waals surface area contributed by atoms with E-state index >= 15 is 0 Å². The van der Waals surface area contributed by atoms with Gasteiger partial charge in [0.2, 0.25) is 5.89 Å².